The SMILES string of the molecule is C=CN=C/C(=C\C)Oc1ccc2c(C(=O)CC)cn(S(=O)(=O)c3ccccc3)c2c1. The molecule has 154 valence electrons. The van der Waals surface area contributed by atoms with E-state index in [-0.39, 0.29) is 17.1 Å². The molecule has 0 fully saturated rings. The molecule has 0 aliphatic carbocycles. The molecule has 0 amide bonds. The molecule has 0 aliphatic heterocycles. The van der Waals surface area contributed by atoms with E-state index in [2.05, 4.69) is 11.6 Å². The Bertz CT molecular complexity index is 1250. The lowest BCUT2D eigenvalue weighted by atomic mass is 10.1. The van der Waals surface area contributed by atoms with Crippen LogP contribution in [-0.2, 0) is 10.0 Å². The van der Waals surface area contributed by atoms with E-state index in [0.717, 1.165) is 3.97 Å². The van der Waals surface area contributed by atoms with Gasteiger partial charge in [0.05, 0.1) is 16.6 Å². The van der Waals surface area contributed by atoms with Crippen LogP contribution < -0.4 is 4.74 Å². The third-order valence-electron chi connectivity index (χ3n) is 4.49. The number of carbonyl (C=O) groups excluding carboxylic acids is 1. The quantitative estimate of drug-likeness (QED) is 0.292. The summed E-state index contributed by atoms with van der Waals surface area (Å²) in [5, 5.41) is 0.551. The van der Waals surface area contributed by atoms with Crippen molar-refractivity contribution in [1.82, 2.24) is 3.97 Å². The number of carbonyl (C=O) groups is 1. The minimum Gasteiger partial charge on any atom is -0.456 e. The minimum atomic E-state index is -3.90. The van der Waals surface area contributed by atoms with Crippen molar-refractivity contribution in [3.05, 3.63) is 84.9 Å². The average Bonchev–Trinajstić information content (AvgIpc) is 3.16. The second-order valence-electron chi connectivity index (χ2n) is 6.37. The molecule has 0 spiro atoms. The molecule has 2 aromatic carbocycles. The first-order valence-electron chi connectivity index (χ1n) is 9.39. The molecule has 0 aliphatic rings. The Balaban J connectivity index is 2.20. The fourth-order valence-corrected chi connectivity index (χ4v) is 4.36. The number of ketones is 1. The highest BCUT2D eigenvalue weighted by molar-refractivity contribution is 7.90. The largest absolute Gasteiger partial charge is 0.456 e. The normalized spacial score (nSPS) is 12.4. The Morgan fingerprint density at radius 3 is 2.57 bits per heavy atom. The van der Waals surface area contributed by atoms with Gasteiger partial charge < -0.3 is 4.74 Å². The van der Waals surface area contributed by atoms with E-state index >= 15 is 0 Å². The maximum absolute atomic E-state index is 13.3. The third-order valence-corrected chi connectivity index (χ3v) is 6.18. The van der Waals surface area contributed by atoms with Crippen molar-refractivity contribution in [3.63, 3.8) is 0 Å². The van der Waals surface area contributed by atoms with Crippen LogP contribution in [0.2, 0.25) is 0 Å². The zero-order valence-electron chi connectivity index (χ0n) is 16.8. The summed E-state index contributed by atoms with van der Waals surface area (Å²) < 4.78 is 33.5. The first-order chi connectivity index (χ1) is 14.4. The summed E-state index contributed by atoms with van der Waals surface area (Å²) in [5.74, 6) is 0.760. The smallest absolute Gasteiger partial charge is 0.268 e. The summed E-state index contributed by atoms with van der Waals surface area (Å²) >= 11 is 0. The Morgan fingerprint density at radius 1 is 1.20 bits per heavy atom. The maximum Gasteiger partial charge on any atom is 0.268 e. The summed E-state index contributed by atoms with van der Waals surface area (Å²) in [6.45, 7) is 7.06. The van der Waals surface area contributed by atoms with Crippen molar-refractivity contribution in [2.75, 3.05) is 0 Å². The van der Waals surface area contributed by atoms with Gasteiger partial charge in [-0.3, -0.25) is 9.79 Å². The predicted molar refractivity (Wildman–Crippen MR) is 119 cm³/mol. The average molecular weight is 423 g/mol. The number of fused-ring (bicyclic) bond motifs is 1. The number of benzene rings is 2. The molecule has 0 atom stereocenters. The molecule has 0 N–H and O–H groups in total. The zero-order chi connectivity index (χ0) is 21.7. The molecule has 30 heavy (non-hydrogen) atoms. The third kappa shape index (κ3) is 4.11. The fraction of sp³-hybridized carbons (Fsp3) is 0.130. The van der Waals surface area contributed by atoms with E-state index in [4.69, 9.17) is 4.74 Å². The lowest BCUT2D eigenvalue weighted by Crippen LogP contribution is -2.12. The van der Waals surface area contributed by atoms with Gasteiger partial charge in [0, 0.05) is 35.8 Å². The molecule has 3 aromatic rings. The van der Waals surface area contributed by atoms with Crippen molar-refractivity contribution in [2.24, 2.45) is 4.99 Å². The van der Waals surface area contributed by atoms with Crippen LogP contribution in [0, 0.1) is 0 Å². The highest BCUT2D eigenvalue weighted by atomic mass is 32.2. The number of nitrogens with zero attached hydrogens (tertiary/aromatic N) is 2. The number of allylic oxidation sites excluding steroid dienone is 2. The number of hydrogen-bond donors (Lipinski definition) is 0. The second-order valence-corrected chi connectivity index (χ2v) is 8.18. The maximum atomic E-state index is 13.3. The number of hydrogen-bond acceptors (Lipinski definition) is 5. The Hall–Kier alpha value is -3.45. The van der Waals surface area contributed by atoms with Crippen LogP contribution in [0.1, 0.15) is 30.6 Å². The van der Waals surface area contributed by atoms with E-state index in [0.29, 0.717) is 28.0 Å². The number of rotatable bonds is 8. The Morgan fingerprint density at radius 2 is 1.93 bits per heavy atom. The highest BCUT2D eigenvalue weighted by Crippen LogP contribution is 2.30. The molecule has 0 saturated carbocycles. The summed E-state index contributed by atoms with van der Waals surface area (Å²) in [5.41, 5.74) is 0.724. The standard InChI is InChI=1S/C23H22N2O4S/c1-4-17(15-24-6-3)29-18-12-13-20-21(23(26)5-2)16-25(22(20)14-18)30(27,28)19-10-8-7-9-11-19/h4,6-16H,3,5H2,1-2H3/b17-4+,24-15?. The number of aromatic nitrogens is 1. The van der Waals surface area contributed by atoms with Gasteiger partial charge in [-0.25, -0.2) is 12.4 Å². The van der Waals surface area contributed by atoms with Gasteiger partial charge in [-0.2, -0.15) is 0 Å². The van der Waals surface area contributed by atoms with Gasteiger partial charge in [0.1, 0.15) is 11.5 Å². The van der Waals surface area contributed by atoms with Gasteiger partial charge >= 0.3 is 0 Å². The van der Waals surface area contributed by atoms with Crippen molar-refractivity contribution in [1.29, 1.82) is 0 Å². The molecule has 6 nitrogen and oxygen atoms in total. The first kappa shape index (κ1) is 21.3. The van der Waals surface area contributed by atoms with Gasteiger partial charge in [0.2, 0.25) is 0 Å². The van der Waals surface area contributed by atoms with E-state index < -0.39 is 10.0 Å². The van der Waals surface area contributed by atoms with Crippen LogP contribution in [0.4, 0.5) is 0 Å². The van der Waals surface area contributed by atoms with Gasteiger partial charge in [-0.1, -0.05) is 31.7 Å². The van der Waals surface area contributed by atoms with Crippen molar-refractivity contribution < 1.29 is 17.9 Å². The molecule has 1 aromatic heterocycles. The summed E-state index contributed by atoms with van der Waals surface area (Å²) in [4.78, 5) is 16.5. The lowest BCUT2D eigenvalue weighted by Gasteiger charge is -2.09. The van der Waals surface area contributed by atoms with Crippen LogP contribution in [0.3, 0.4) is 0 Å². The van der Waals surface area contributed by atoms with E-state index in [1.807, 2.05) is 0 Å². The van der Waals surface area contributed by atoms with Crippen molar-refractivity contribution in [3.8, 4) is 5.75 Å². The van der Waals surface area contributed by atoms with Gasteiger partial charge in [-0.05, 0) is 37.3 Å². The molecule has 7 heteroatoms. The Kier molecular flexibility index (Phi) is 6.32. The van der Waals surface area contributed by atoms with E-state index in [1.165, 1.54) is 30.7 Å². The van der Waals surface area contributed by atoms with Gasteiger partial charge in [0.25, 0.3) is 10.0 Å². The first-order valence-corrected chi connectivity index (χ1v) is 10.8. The van der Waals surface area contributed by atoms with Crippen LogP contribution in [0.15, 0.2) is 89.2 Å². The molecule has 0 radical (unpaired) electrons. The number of aliphatic imine (C=N–C) groups is 1. The molecule has 0 saturated heterocycles. The Labute approximate surface area is 175 Å². The zero-order valence-corrected chi connectivity index (χ0v) is 17.6. The number of ether oxygens (including phenoxy) is 1. The molecule has 0 unspecified atom stereocenters. The van der Waals surface area contributed by atoms with Crippen LogP contribution in [0.5, 0.6) is 5.75 Å². The molecular formula is C23H22N2O4S. The fourth-order valence-electron chi connectivity index (χ4n) is 2.98. The van der Waals surface area contributed by atoms with E-state index in [1.54, 1.807) is 56.3 Å². The molecule has 0 bridgehead atoms. The van der Waals surface area contributed by atoms with Gasteiger partial charge in [0.15, 0.2) is 5.78 Å². The summed E-state index contributed by atoms with van der Waals surface area (Å²) in [7, 11) is -3.90. The second kappa shape index (κ2) is 8.92. The number of Topliss-reactive ketones (excluding diaryl/α,β-unsaturated/α-hetero) is 1. The monoisotopic (exact) mass is 422 g/mol. The minimum absolute atomic E-state index is 0.135. The van der Waals surface area contributed by atoms with E-state index in [9.17, 15) is 13.2 Å². The summed E-state index contributed by atoms with van der Waals surface area (Å²) in [6, 6.07) is 13.1. The highest BCUT2D eigenvalue weighted by Gasteiger charge is 2.23. The summed E-state index contributed by atoms with van der Waals surface area (Å²) in [6.07, 6.45) is 6.27. The lowest BCUT2D eigenvalue weighted by molar-refractivity contribution is 0.0989. The molecular weight excluding hydrogens is 400 g/mol. The van der Waals surface area contributed by atoms with Crippen LogP contribution in [0.25, 0.3) is 10.9 Å². The topological polar surface area (TPSA) is 77.7 Å². The van der Waals surface area contributed by atoms with Crippen LogP contribution in [-0.4, -0.2) is 24.4 Å². The van der Waals surface area contributed by atoms with Crippen molar-refractivity contribution in [2.45, 2.75) is 25.2 Å². The molecule has 3 rings (SSSR count). The van der Waals surface area contributed by atoms with Crippen molar-refractivity contribution >= 4 is 32.9 Å². The molecule has 1 heterocycles. The predicted octanol–water partition coefficient (Wildman–Crippen LogP) is 4.97. The van der Waals surface area contributed by atoms with Gasteiger partial charge in [-0.15, -0.1) is 0 Å². The van der Waals surface area contributed by atoms with Crippen LogP contribution >= 0.6 is 0 Å².